The molecule has 0 radical (unpaired) electrons. The molecule has 9 heteroatoms. The van der Waals surface area contributed by atoms with Crippen molar-refractivity contribution in [3.05, 3.63) is 29.8 Å². The molecular formula is C13H16F3NO4S. The zero-order chi connectivity index (χ0) is 16.2. The van der Waals surface area contributed by atoms with Gasteiger partial charge in [0, 0.05) is 13.2 Å². The van der Waals surface area contributed by atoms with E-state index >= 15 is 0 Å². The van der Waals surface area contributed by atoms with Crippen LogP contribution in [-0.4, -0.2) is 34.5 Å². The lowest BCUT2D eigenvalue weighted by atomic mass is 10.1. The molecule has 0 saturated carbocycles. The van der Waals surface area contributed by atoms with E-state index < -0.39 is 16.4 Å². The van der Waals surface area contributed by atoms with Crippen LogP contribution >= 0.6 is 0 Å². The third-order valence-corrected chi connectivity index (χ3v) is 4.45. The number of hydrogen-bond acceptors (Lipinski definition) is 4. The average Bonchev–Trinajstić information content (AvgIpc) is 2.90. The fraction of sp³-hybridized carbons (Fsp3) is 0.538. The van der Waals surface area contributed by atoms with Crippen molar-refractivity contribution in [2.24, 2.45) is 5.92 Å². The zero-order valence-corrected chi connectivity index (χ0v) is 12.4. The summed E-state index contributed by atoms with van der Waals surface area (Å²) >= 11 is 0. The van der Waals surface area contributed by atoms with Gasteiger partial charge in [-0.05, 0) is 30.0 Å². The molecule has 1 N–H and O–H groups in total. The highest BCUT2D eigenvalue weighted by Crippen LogP contribution is 2.23. The molecule has 1 aliphatic rings. The van der Waals surface area contributed by atoms with Crippen LogP contribution in [0.4, 0.5) is 13.2 Å². The molecule has 1 aliphatic heterocycles. The van der Waals surface area contributed by atoms with Gasteiger partial charge in [-0.2, -0.15) is 0 Å². The van der Waals surface area contributed by atoms with Gasteiger partial charge in [0.05, 0.1) is 12.4 Å². The first-order chi connectivity index (χ1) is 10.2. The molecule has 0 aromatic heterocycles. The Bertz CT molecular complexity index is 580. The van der Waals surface area contributed by atoms with E-state index in [-0.39, 0.29) is 17.4 Å². The molecule has 0 amide bonds. The predicted molar refractivity (Wildman–Crippen MR) is 72.7 cm³/mol. The molecule has 0 spiro atoms. The minimum absolute atomic E-state index is 0.164. The third kappa shape index (κ3) is 5.82. The lowest BCUT2D eigenvalue weighted by Gasteiger charge is -2.11. The monoisotopic (exact) mass is 339 g/mol. The third-order valence-electron chi connectivity index (χ3n) is 3.13. The van der Waals surface area contributed by atoms with Crippen LogP contribution in [0.5, 0.6) is 5.75 Å². The maximum atomic E-state index is 12.0. The number of ether oxygens (including phenoxy) is 2. The Balaban J connectivity index is 1.88. The SMILES string of the molecule is O=S(=O)(Cc1ccc(OC(F)(F)F)cc1)NCC1CCOC1. The number of halogens is 3. The summed E-state index contributed by atoms with van der Waals surface area (Å²) in [6, 6.07) is 4.75. The van der Waals surface area contributed by atoms with Crippen molar-refractivity contribution in [2.75, 3.05) is 19.8 Å². The van der Waals surface area contributed by atoms with Crippen LogP contribution in [-0.2, 0) is 20.5 Å². The van der Waals surface area contributed by atoms with Crippen LogP contribution in [0.1, 0.15) is 12.0 Å². The molecule has 1 aromatic carbocycles. The molecule has 2 rings (SSSR count). The molecule has 1 heterocycles. The van der Waals surface area contributed by atoms with E-state index in [0.717, 1.165) is 18.6 Å². The second-order valence-corrected chi connectivity index (χ2v) is 6.84. The number of sulfonamides is 1. The van der Waals surface area contributed by atoms with Gasteiger partial charge in [0.15, 0.2) is 0 Å². The number of benzene rings is 1. The number of rotatable bonds is 6. The van der Waals surface area contributed by atoms with Crippen LogP contribution in [0.15, 0.2) is 24.3 Å². The van der Waals surface area contributed by atoms with Gasteiger partial charge in [-0.25, -0.2) is 13.1 Å². The van der Waals surface area contributed by atoms with Crippen molar-refractivity contribution < 1.29 is 31.1 Å². The summed E-state index contributed by atoms with van der Waals surface area (Å²) in [7, 11) is -3.54. The van der Waals surface area contributed by atoms with Gasteiger partial charge >= 0.3 is 6.36 Å². The fourth-order valence-electron chi connectivity index (χ4n) is 2.05. The Morgan fingerprint density at radius 1 is 1.27 bits per heavy atom. The molecule has 1 fully saturated rings. The first-order valence-electron chi connectivity index (χ1n) is 6.63. The van der Waals surface area contributed by atoms with Gasteiger partial charge in [-0.3, -0.25) is 0 Å². The van der Waals surface area contributed by atoms with Crippen molar-refractivity contribution >= 4 is 10.0 Å². The number of hydrogen-bond donors (Lipinski definition) is 1. The highest BCUT2D eigenvalue weighted by molar-refractivity contribution is 7.88. The minimum atomic E-state index is -4.77. The molecule has 1 aromatic rings. The standard InChI is InChI=1S/C13H16F3NO4S/c14-13(15,16)21-12-3-1-10(2-4-12)9-22(18,19)17-7-11-5-6-20-8-11/h1-4,11,17H,5-9H2. The molecule has 1 atom stereocenters. The Morgan fingerprint density at radius 3 is 2.50 bits per heavy atom. The largest absolute Gasteiger partial charge is 0.573 e. The molecular weight excluding hydrogens is 323 g/mol. The Hall–Kier alpha value is -1.32. The first kappa shape index (κ1) is 17.0. The molecule has 1 saturated heterocycles. The van der Waals surface area contributed by atoms with Gasteiger partial charge in [0.25, 0.3) is 0 Å². The van der Waals surface area contributed by atoms with Crippen LogP contribution in [0.25, 0.3) is 0 Å². The van der Waals surface area contributed by atoms with Crippen LogP contribution in [0.3, 0.4) is 0 Å². The lowest BCUT2D eigenvalue weighted by molar-refractivity contribution is -0.274. The second-order valence-electron chi connectivity index (χ2n) is 5.03. The van der Waals surface area contributed by atoms with Gasteiger partial charge in [-0.1, -0.05) is 12.1 Å². The van der Waals surface area contributed by atoms with Crippen LogP contribution in [0, 0.1) is 5.92 Å². The van der Waals surface area contributed by atoms with Gasteiger partial charge in [0.2, 0.25) is 10.0 Å². The predicted octanol–water partition coefficient (Wildman–Crippen LogP) is 2.04. The van der Waals surface area contributed by atoms with Crippen molar-refractivity contribution in [2.45, 2.75) is 18.5 Å². The van der Waals surface area contributed by atoms with Crippen LogP contribution in [0.2, 0.25) is 0 Å². The quantitative estimate of drug-likeness (QED) is 0.861. The summed E-state index contributed by atoms with van der Waals surface area (Å²) in [4.78, 5) is 0. The summed E-state index contributed by atoms with van der Waals surface area (Å²) < 4.78 is 71.2. The summed E-state index contributed by atoms with van der Waals surface area (Å²) in [5.41, 5.74) is 0.379. The van der Waals surface area contributed by atoms with E-state index in [1.165, 1.54) is 12.1 Å². The van der Waals surface area contributed by atoms with Crippen LogP contribution < -0.4 is 9.46 Å². The summed E-state index contributed by atoms with van der Waals surface area (Å²) in [5.74, 6) is -0.519. The maximum absolute atomic E-state index is 12.0. The van der Waals surface area contributed by atoms with E-state index in [4.69, 9.17) is 4.74 Å². The fourth-order valence-corrected chi connectivity index (χ4v) is 3.27. The Kier molecular flexibility index (Phi) is 5.30. The van der Waals surface area contributed by atoms with E-state index in [1.807, 2.05) is 0 Å². The van der Waals surface area contributed by atoms with Gasteiger partial charge < -0.3 is 9.47 Å². The summed E-state index contributed by atoms with van der Waals surface area (Å²) in [6.07, 6.45) is -3.95. The number of nitrogens with one attached hydrogen (secondary N) is 1. The minimum Gasteiger partial charge on any atom is -0.406 e. The first-order valence-corrected chi connectivity index (χ1v) is 8.28. The topological polar surface area (TPSA) is 64.6 Å². The lowest BCUT2D eigenvalue weighted by Crippen LogP contribution is -2.30. The van der Waals surface area contributed by atoms with Gasteiger partial charge in [0.1, 0.15) is 5.75 Å². The molecule has 0 aliphatic carbocycles. The maximum Gasteiger partial charge on any atom is 0.573 e. The highest BCUT2D eigenvalue weighted by atomic mass is 32.2. The van der Waals surface area contributed by atoms with Crippen molar-refractivity contribution in [1.82, 2.24) is 4.72 Å². The smallest absolute Gasteiger partial charge is 0.406 e. The summed E-state index contributed by atoms with van der Waals surface area (Å²) in [6.45, 7) is 1.47. The molecule has 22 heavy (non-hydrogen) atoms. The molecule has 5 nitrogen and oxygen atoms in total. The highest BCUT2D eigenvalue weighted by Gasteiger charge is 2.31. The summed E-state index contributed by atoms with van der Waals surface area (Å²) in [5, 5.41) is 0. The Morgan fingerprint density at radius 2 is 1.95 bits per heavy atom. The molecule has 0 bridgehead atoms. The average molecular weight is 339 g/mol. The second kappa shape index (κ2) is 6.84. The molecule has 124 valence electrons. The van der Waals surface area contributed by atoms with E-state index in [2.05, 4.69) is 9.46 Å². The van der Waals surface area contributed by atoms with E-state index in [1.54, 1.807) is 0 Å². The number of alkyl halides is 3. The van der Waals surface area contributed by atoms with Crippen molar-refractivity contribution in [3.63, 3.8) is 0 Å². The normalized spacial score (nSPS) is 19.3. The van der Waals surface area contributed by atoms with Gasteiger partial charge in [-0.15, -0.1) is 13.2 Å². The zero-order valence-electron chi connectivity index (χ0n) is 11.6. The Labute approximate surface area is 126 Å². The van der Waals surface area contributed by atoms with Crippen molar-refractivity contribution in [1.29, 1.82) is 0 Å². The van der Waals surface area contributed by atoms with E-state index in [0.29, 0.717) is 25.3 Å². The van der Waals surface area contributed by atoms with Crippen molar-refractivity contribution in [3.8, 4) is 5.75 Å². The van der Waals surface area contributed by atoms with E-state index in [9.17, 15) is 21.6 Å². The molecule has 1 unspecified atom stereocenters.